The van der Waals surface area contributed by atoms with E-state index in [1.54, 1.807) is 12.4 Å². The monoisotopic (exact) mass is 176 g/mol. The van der Waals surface area contributed by atoms with E-state index in [4.69, 9.17) is 0 Å². The molecule has 0 atom stereocenters. The zero-order valence-electron chi connectivity index (χ0n) is 7.73. The van der Waals surface area contributed by atoms with Gasteiger partial charge in [0, 0.05) is 6.20 Å². The van der Waals surface area contributed by atoms with Crippen molar-refractivity contribution >= 4 is 18.6 Å². The SMILES string of the molecule is CC1=C/C(C)=C/N/N=C\C=N/N=C1. The Kier molecular flexibility index (Phi) is 3.63. The lowest BCUT2D eigenvalue weighted by Crippen LogP contribution is -1.95. The first kappa shape index (κ1) is 9.38. The van der Waals surface area contributed by atoms with E-state index in [-0.39, 0.29) is 0 Å². The van der Waals surface area contributed by atoms with Crippen molar-refractivity contribution in [2.75, 3.05) is 0 Å². The lowest BCUT2D eigenvalue weighted by atomic mass is 10.2. The highest BCUT2D eigenvalue weighted by Crippen LogP contribution is 1.98. The van der Waals surface area contributed by atoms with Crippen LogP contribution in [-0.4, -0.2) is 18.6 Å². The lowest BCUT2D eigenvalue weighted by Gasteiger charge is -1.93. The number of hydrogen-bond acceptors (Lipinski definition) is 4. The van der Waals surface area contributed by atoms with Gasteiger partial charge in [-0.1, -0.05) is 6.08 Å². The highest BCUT2D eigenvalue weighted by Gasteiger charge is 1.85. The Balaban J connectivity index is 2.85. The summed E-state index contributed by atoms with van der Waals surface area (Å²) in [5.74, 6) is 0. The third kappa shape index (κ3) is 4.00. The van der Waals surface area contributed by atoms with E-state index >= 15 is 0 Å². The number of nitrogens with one attached hydrogen (secondary N) is 1. The summed E-state index contributed by atoms with van der Waals surface area (Å²) in [7, 11) is 0. The van der Waals surface area contributed by atoms with Crippen LogP contribution in [0.3, 0.4) is 0 Å². The molecule has 1 heterocycles. The second-order valence-electron chi connectivity index (χ2n) is 2.69. The molecule has 13 heavy (non-hydrogen) atoms. The first-order chi connectivity index (χ1) is 6.29. The van der Waals surface area contributed by atoms with Crippen molar-refractivity contribution in [1.82, 2.24) is 5.43 Å². The molecule has 1 N–H and O–H groups in total. The summed E-state index contributed by atoms with van der Waals surface area (Å²) in [6.07, 6.45) is 8.57. The van der Waals surface area contributed by atoms with Crippen LogP contribution in [0, 0.1) is 0 Å². The van der Waals surface area contributed by atoms with Gasteiger partial charge >= 0.3 is 0 Å². The zero-order chi connectivity index (χ0) is 9.52. The molecule has 4 heteroatoms. The van der Waals surface area contributed by atoms with Crippen LogP contribution in [0.2, 0.25) is 0 Å². The van der Waals surface area contributed by atoms with Gasteiger partial charge in [0.2, 0.25) is 0 Å². The summed E-state index contributed by atoms with van der Waals surface area (Å²) < 4.78 is 0. The van der Waals surface area contributed by atoms with Gasteiger partial charge in [0.25, 0.3) is 0 Å². The number of hydrogen-bond donors (Lipinski definition) is 1. The maximum atomic E-state index is 3.85. The summed E-state index contributed by atoms with van der Waals surface area (Å²) in [6, 6.07) is 0. The van der Waals surface area contributed by atoms with Crippen LogP contribution in [0.4, 0.5) is 0 Å². The normalized spacial score (nSPS) is 26.0. The fraction of sp³-hybridized carbons (Fsp3) is 0.222. The molecule has 0 spiro atoms. The largest absolute Gasteiger partial charge is 0.285 e. The second-order valence-corrected chi connectivity index (χ2v) is 2.69. The quantitative estimate of drug-likeness (QED) is 0.597. The van der Waals surface area contributed by atoms with E-state index in [1.807, 2.05) is 26.1 Å². The number of hydrazone groups is 1. The molecule has 68 valence electrons. The summed E-state index contributed by atoms with van der Waals surface area (Å²) in [5.41, 5.74) is 4.91. The molecule has 1 rings (SSSR count). The van der Waals surface area contributed by atoms with Gasteiger partial charge in [-0.3, -0.25) is 5.43 Å². The van der Waals surface area contributed by atoms with E-state index in [2.05, 4.69) is 20.7 Å². The molecule has 4 nitrogen and oxygen atoms in total. The average molecular weight is 176 g/mol. The topological polar surface area (TPSA) is 49.1 Å². The number of allylic oxidation sites excluding steroid dienone is 3. The summed E-state index contributed by atoms with van der Waals surface area (Å²) in [6.45, 7) is 3.95. The summed E-state index contributed by atoms with van der Waals surface area (Å²) in [5, 5.41) is 11.4. The Bertz CT molecular complexity index is 308. The van der Waals surface area contributed by atoms with Crippen molar-refractivity contribution < 1.29 is 0 Å². The van der Waals surface area contributed by atoms with Crippen molar-refractivity contribution in [1.29, 1.82) is 0 Å². The molecular formula is C9H12N4. The molecule has 0 aromatic heterocycles. The molecule has 0 saturated heterocycles. The van der Waals surface area contributed by atoms with Crippen LogP contribution >= 0.6 is 0 Å². The molecule has 1 aliphatic heterocycles. The first-order valence-electron chi connectivity index (χ1n) is 3.97. The fourth-order valence-electron chi connectivity index (χ4n) is 0.846. The van der Waals surface area contributed by atoms with Crippen LogP contribution in [0.25, 0.3) is 0 Å². The van der Waals surface area contributed by atoms with E-state index in [9.17, 15) is 0 Å². The highest BCUT2D eigenvalue weighted by atomic mass is 15.3. The minimum Gasteiger partial charge on any atom is -0.285 e. The number of nitrogens with zero attached hydrogens (tertiary/aromatic N) is 3. The molecule has 0 unspecified atom stereocenters. The van der Waals surface area contributed by atoms with Crippen molar-refractivity contribution in [2.24, 2.45) is 15.3 Å². The van der Waals surface area contributed by atoms with Crippen LogP contribution in [0.15, 0.2) is 38.7 Å². The van der Waals surface area contributed by atoms with Crippen molar-refractivity contribution in [3.63, 3.8) is 0 Å². The Labute approximate surface area is 77.4 Å². The van der Waals surface area contributed by atoms with Gasteiger partial charge < -0.3 is 0 Å². The van der Waals surface area contributed by atoms with E-state index in [0.717, 1.165) is 11.1 Å². The maximum Gasteiger partial charge on any atom is 0.0696 e. The molecule has 0 amide bonds. The van der Waals surface area contributed by atoms with Gasteiger partial charge in [-0.15, -0.1) is 0 Å². The summed E-state index contributed by atoms with van der Waals surface area (Å²) in [4.78, 5) is 0. The molecule has 0 saturated carbocycles. The molecule has 0 bridgehead atoms. The lowest BCUT2D eigenvalue weighted by molar-refractivity contribution is 0.967. The third-order valence-corrected chi connectivity index (χ3v) is 1.36. The zero-order valence-corrected chi connectivity index (χ0v) is 7.73. The predicted molar refractivity (Wildman–Crippen MR) is 56.1 cm³/mol. The van der Waals surface area contributed by atoms with E-state index in [0.29, 0.717) is 0 Å². The Morgan fingerprint density at radius 3 is 2.77 bits per heavy atom. The average Bonchev–Trinajstić information content (AvgIpc) is 2.11. The molecule has 0 fully saturated rings. The van der Waals surface area contributed by atoms with Crippen molar-refractivity contribution in [3.8, 4) is 0 Å². The minimum atomic E-state index is 1.05. The Hall–Kier alpha value is -1.71. The smallest absolute Gasteiger partial charge is 0.0696 e. The van der Waals surface area contributed by atoms with Gasteiger partial charge in [-0.25, -0.2) is 0 Å². The van der Waals surface area contributed by atoms with Gasteiger partial charge in [-0.05, 0) is 25.0 Å². The standard InChI is InChI=1S/C9H12N4/c1-8-5-9(2)7-13-11-4-3-10-12-6-8/h3-7,12H,1-2H3/b8-6+,9-5?,10-3-,11-4-,13-7?. The van der Waals surface area contributed by atoms with E-state index < -0.39 is 0 Å². The van der Waals surface area contributed by atoms with Crippen LogP contribution < -0.4 is 5.43 Å². The van der Waals surface area contributed by atoms with Crippen LogP contribution in [0.5, 0.6) is 0 Å². The molecule has 0 radical (unpaired) electrons. The van der Waals surface area contributed by atoms with Crippen LogP contribution in [-0.2, 0) is 0 Å². The van der Waals surface area contributed by atoms with Gasteiger partial charge in [0.05, 0.1) is 18.6 Å². The molecule has 0 aromatic carbocycles. The maximum absolute atomic E-state index is 3.85. The third-order valence-electron chi connectivity index (χ3n) is 1.36. The second kappa shape index (κ2) is 5.03. The Morgan fingerprint density at radius 2 is 1.92 bits per heavy atom. The molecule has 0 aliphatic carbocycles. The minimum absolute atomic E-state index is 1.05. The molecule has 0 aromatic rings. The summed E-state index contributed by atoms with van der Waals surface area (Å²) >= 11 is 0. The Morgan fingerprint density at radius 1 is 1.08 bits per heavy atom. The van der Waals surface area contributed by atoms with Gasteiger partial charge in [-0.2, -0.15) is 15.3 Å². The van der Waals surface area contributed by atoms with Gasteiger partial charge in [0.1, 0.15) is 0 Å². The highest BCUT2D eigenvalue weighted by molar-refractivity contribution is 6.15. The fourth-order valence-corrected chi connectivity index (χ4v) is 0.846. The molecular weight excluding hydrogens is 164 g/mol. The van der Waals surface area contributed by atoms with Crippen molar-refractivity contribution in [3.05, 3.63) is 23.4 Å². The first-order valence-corrected chi connectivity index (χ1v) is 3.97. The van der Waals surface area contributed by atoms with E-state index in [1.165, 1.54) is 6.21 Å². The van der Waals surface area contributed by atoms with Gasteiger partial charge in [0.15, 0.2) is 0 Å². The van der Waals surface area contributed by atoms with Crippen LogP contribution in [0.1, 0.15) is 13.8 Å². The number of rotatable bonds is 0. The molecule has 1 aliphatic rings. The van der Waals surface area contributed by atoms with Crippen molar-refractivity contribution in [2.45, 2.75) is 13.8 Å². The predicted octanol–water partition coefficient (Wildman–Crippen LogP) is 1.48.